The third-order valence-electron chi connectivity index (χ3n) is 5.16. The molecule has 3 heterocycles. The van der Waals surface area contributed by atoms with Crippen LogP contribution in [-0.4, -0.2) is 32.7 Å². The number of nitrogens with zero attached hydrogens (tertiary/aromatic N) is 4. The van der Waals surface area contributed by atoms with Crippen LogP contribution in [0.5, 0.6) is 0 Å². The van der Waals surface area contributed by atoms with Crippen molar-refractivity contribution in [1.29, 1.82) is 0 Å². The second-order valence-electron chi connectivity index (χ2n) is 6.76. The summed E-state index contributed by atoms with van der Waals surface area (Å²) in [6, 6.07) is 10.1. The molecule has 0 unspecified atom stereocenters. The van der Waals surface area contributed by atoms with Crippen LogP contribution in [0.1, 0.15) is 12.8 Å². The molecule has 3 aromatic rings. The van der Waals surface area contributed by atoms with E-state index in [0.717, 1.165) is 54.2 Å². The van der Waals surface area contributed by atoms with E-state index >= 15 is 0 Å². The molecule has 1 fully saturated rings. The summed E-state index contributed by atoms with van der Waals surface area (Å²) in [5.41, 5.74) is 2.89. The van der Waals surface area contributed by atoms with Crippen LogP contribution in [0, 0.1) is 5.92 Å². The molecule has 1 saturated heterocycles. The smallest absolute Gasteiger partial charge is 0.142 e. The first-order valence-corrected chi connectivity index (χ1v) is 9.12. The Kier molecular flexibility index (Phi) is 4.32. The first-order valence-electron chi connectivity index (χ1n) is 8.74. The first kappa shape index (κ1) is 16.9. The fourth-order valence-corrected chi connectivity index (χ4v) is 3.79. The van der Waals surface area contributed by atoms with Crippen molar-refractivity contribution in [3.05, 3.63) is 53.9 Å². The van der Waals surface area contributed by atoms with Gasteiger partial charge in [-0.1, -0.05) is 30.3 Å². The topological polar surface area (TPSA) is 54.2 Å². The first-order chi connectivity index (χ1) is 12.5. The number of benzene rings is 1. The van der Waals surface area contributed by atoms with Crippen LogP contribution in [0.15, 0.2) is 48.9 Å². The number of rotatable bonds is 3. The number of aliphatic hydroxyl groups is 1. The Morgan fingerprint density at radius 2 is 2.00 bits per heavy atom. The molecule has 6 heteroatoms. The molecular weight excluding hydrogens is 348 g/mol. The molecule has 1 aromatic carbocycles. The van der Waals surface area contributed by atoms with Gasteiger partial charge in [0, 0.05) is 37.8 Å². The van der Waals surface area contributed by atoms with Crippen molar-refractivity contribution in [1.82, 2.24) is 14.5 Å². The SMILES string of the molecule is C=C(O)C1CCN(c2cc(-c3nc4ccccc4n3C)c(Cl)cn2)CC1. The normalized spacial score (nSPS) is 15.5. The number of aryl methyl sites for hydroxylation is 1. The van der Waals surface area contributed by atoms with Gasteiger partial charge in [0.2, 0.25) is 0 Å². The van der Waals surface area contributed by atoms with E-state index in [1.165, 1.54) is 0 Å². The number of piperidine rings is 1. The van der Waals surface area contributed by atoms with Crippen molar-refractivity contribution in [2.45, 2.75) is 12.8 Å². The number of anilines is 1. The van der Waals surface area contributed by atoms with Crippen LogP contribution in [-0.2, 0) is 7.05 Å². The lowest BCUT2D eigenvalue weighted by Crippen LogP contribution is -2.34. The Hall–Kier alpha value is -2.53. The summed E-state index contributed by atoms with van der Waals surface area (Å²) in [5, 5.41) is 10.2. The maximum Gasteiger partial charge on any atom is 0.142 e. The summed E-state index contributed by atoms with van der Waals surface area (Å²) in [4.78, 5) is 11.5. The second-order valence-corrected chi connectivity index (χ2v) is 7.17. The zero-order chi connectivity index (χ0) is 18.3. The zero-order valence-electron chi connectivity index (χ0n) is 14.7. The van der Waals surface area contributed by atoms with Crippen molar-refractivity contribution >= 4 is 28.5 Å². The Morgan fingerprint density at radius 1 is 1.27 bits per heavy atom. The highest BCUT2D eigenvalue weighted by Crippen LogP contribution is 2.33. The molecule has 0 bridgehead atoms. The Balaban J connectivity index is 1.69. The molecular formula is C20H21ClN4O. The van der Waals surface area contributed by atoms with Crippen LogP contribution in [0.4, 0.5) is 5.82 Å². The average Bonchev–Trinajstić information content (AvgIpc) is 2.99. The summed E-state index contributed by atoms with van der Waals surface area (Å²) in [6.07, 6.45) is 3.45. The van der Waals surface area contributed by atoms with Gasteiger partial charge in [0.25, 0.3) is 0 Å². The van der Waals surface area contributed by atoms with Crippen molar-refractivity contribution < 1.29 is 5.11 Å². The van der Waals surface area contributed by atoms with Crippen LogP contribution in [0.3, 0.4) is 0 Å². The van der Waals surface area contributed by atoms with Crippen molar-refractivity contribution in [3.8, 4) is 11.4 Å². The number of aromatic nitrogens is 3. The average molecular weight is 369 g/mol. The largest absolute Gasteiger partial charge is 0.513 e. The predicted octanol–water partition coefficient (Wildman–Crippen LogP) is 4.58. The Morgan fingerprint density at radius 3 is 2.69 bits per heavy atom. The number of para-hydroxylation sites is 2. The van der Waals surface area contributed by atoms with Crippen molar-refractivity contribution in [2.75, 3.05) is 18.0 Å². The lowest BCUT2D eigenvalue weighted by Gasteiger charge is -2.32. The molecule has 5 nitrogen and oxygen atoms in total. The van der Waals surface area contributed by atoms with E-state index in [-0.39, 0.29) is 11.7 Å². The van der Waals surface area contributed by atoms with E-state index in [1.807, 2.05) is 37.4 Å². The Labute approximate surface area is 157 Å². The van der Waals surface area contributed by atoms with Crippen LogP contribution in [0.2, 0.25) is 5.02 Å². The van der Waals surface area contributed by atoms with Gasteiger partial charge in [-0.15, -0.1) is 0 Å². The van der Waals surface area contributed by atoms with Gasteiger partial charge in [-0.05, 0) is 31.0 Å². The van der Waals surface area contributed by atoms with Gasteiger partial charge in [0.1, 0.15) is 11.6 Å². The van der Waals surface area contributed by atoms with Gasteiger partial charge >= 0.3 is 0 Å². The van der Waals surface area contributed by atoms with Crippen molar-refractivity contribution in [2.24, 2.45) is 13.0 Å². The van der Waals surface area contributed by atoms with E-state index in [4.69, 9.17) is 16.6 Å². The van der Waals surface area contributed by atoms with E-state index in [0.29, 0.717) is 5.02 Å². The van der Waals surface area contributed by atoms with E-state index in [9.17, 15) is 5.11 Å². The lowest BCUT2D eigenvalue weighted by atomic mass is 9.95. The molecule has 0 atom stereocenters. The third kappa shape index (κ3) is 2.92. The molecule has 0 radical (unpaired) electrons. The molecule has 1 aliphatic heterocycles. The molecule has 0 spiro atoms. The minimum atomic E-state index is 0.179. The van der Waals surface area contributed by atoms with E-state index in [1.54, 1.807) is 6.20 Å². The van der Waals surface area contributed by atoms with Gasteiger partial charge in [0.15, 0.2) is 0 Å². The number of imidazole rings is 1. The highest BCUT2D eigenvalue weighted by Gasteiger charge is 2.23. The number of pyridine rings is 1. The molecule has 4 rings (SSSR count). The van der Waals surface area contributed by atoms with Crippen LogP contribution < -0.4 is 4.90 Å². The quantitative estimate of drug-likeness (QED) is 0.687. The lowest BCUT2D eigenvalue weighted by molar-refractivity contribution is 0.297. The Bertz CT molecular complexity index is 973. The van der Waals surface area contributed by atoms with Gasteiger partial charge < -0.3 is 14.6 Å². The number of hydrogen-bond donors (Lipinski definition) is 1. The number of halogens is 1. The van der Waals surface area contributed by atoms with Gasteiger partial charge in [-0.3, -0.25) is 0 Å². The highest BCUT2D eigenvalue weighted by molar-refractivity contribution is 6.33. The summed E-state index contributed by atoms with van der Waals surface area (Å²) >= 11 is 6.45. The third-order valence-corrected chi connectivity index (χ3v) is 5.46. The van der Waals surface area contributed by atoms with Gasteiger partial charge in [0.05, 0.1) is 21.8 Å². The summed E-state index contributed by atoms with van der Waals surface area (Å²) < 4.78 is 2.06. The summed E-state index contributed by atoms with van der Waals surface area (Å²) in [6.45, 7) is 5.33. The molecule has 1 aliphatic rings. The summed E-state index contributed by atoms with van der Waals surface area (Å²) in [5.74, 6) is 2.18. The molecule has 0 saturated carbocycles. The van der Waals surface area contributed by atoms with Crippen molar-refractivity contribution in [3.63, 3.8) is 0 Å². The standard InChI is InChI=1S/C20H21ClN4O/c1-13(26)14-7-9-25(10-8-14)19-11-15(16(21)12-22-19)20-23-17-5-3-4-6-18(17)24(20)2/h3-6,11-12,14,26H,1,7-10H2,2H3. The maximum atomic E-state index is 9.61. The fourth-order valence-electron chi connectivity index (χ4n) is 3.60. The van der Waals surface area contributed by atoms with Gasteiger partial charge in [-0.2, -0.15) is 0 Å². The molecule has 134 valence electrons. The molecule has 0 amide bonds. The second kappa shape index (κ2) is 6.65. The molecule has 26 heavy (non-hydrogen) atoms. The number of hydrogen-bond acceptors (Lipinski definition) is 4. The van der Waals surface area contributed by atoms with E-state index in [2.05, 4.69) is 21.0 Å². The van der Waals surface area contributed by atoms with Crippen LogP contribution in [0.25, 0.3) is 22.4 Å². The number of aliphatic hydroxyl groups excluding tert-OH is 1. The summed E-state index contributed by atoms with van der Waals surface area (Å²) in [7, 11) is 2.00. The molecule has 1 N–H and O–H groups in total. The predicted molar refractivity (Wildman–Crippen MR) is 106 cm³/mol. The minimum absolute atomic E-state index is 0.179. The monoisotopic (exact) mass is 368 g/mol. The number of allylic oxidation sites excluding steroid dienone is 1. The minimum Gasteiger partial charge on any atom is -0.513 e. The van der Waals surface area contributed by atoms with Crippen LogP contribution >= 0.6 is 11.6 Å². The number of fused-ring (bicyclic) bond motifs is 1. The molecule has 2 aromatic heterocycles. The highest BCUT2D eigenvalue weighted by atomic mass is 35.5. The van der Waals surface area contributed by atoms with E-state index < -0.39 is 0 Å². The fraction of sp³-hybridized carbons (Fsp3) is 0.300. The molecule has 0 aliphatic carbocycles. The zero-order valence-corrected chi connectivity index (χ0v) is 15.4. The maximum absolute atomic E-state index is 9.61. The van der Waals surface area contributed by atoms with Gasteiger partial charge in [-0.25, -0.2) is 9.97 Å².